The van der Waals surface area contributed by atoms with E-state index in [1.54, 1.807) is 0 Å². The number of imidazole rings is 1. The predicted octanol–water partition coefficient (Wildman–Crippen LogP) is 1.88. The van der Waals surface area contributed by atoms with Gasteiger partial charge in [0.25, 0.3) is 0 Å². The molecule has 13 heavy (non-hydrogen) atoms. The van der Waals surface area contributed by atoms with E-state index in [2.05, 4.69) is 11.9 Å². The second kappa shape index (κ2) is 4.21. The number of hydrogen-bond acceptors (Lipinski definition) is 2. The Bertz CT molecular complexity index is 302. The highest BCUT2D eigenvalue weighted by molar-refractivity contribution is 5.73. The number of aldehydes is 1. The van der Waals surface area contributed by atoms with Crippen molar-refractivity contribution in [2.24, 2.45) is 7.05 Å². The molecular weight excluding hydrogens is 164 g/mol. The summed E-state index contributed by atoms with van der Waals surface area (Å²) in [5.74, 6) is 1.02. The van der Waals surface area contributed by atoms with Crippen LogP contribution >= 0.6 is 0 Å². The second-order valence-corrected chi connectivity index (χ2v) is 3.28. The van der Waals surface area contributed by atoms with Crippen molar-refractivity contribution in [3.05, 3.63) is 17.2 Å². The molecule has 0 N–H and O–H groups in total. The molecule has 0 bridgehead atoms. The Balaban J connectivity index is 2.89. The van der Waals surface area contributed by atoms with E-state index in [1.807, 2.05) is 18.5 Å². The van der Waals surface area contributed by atoms with Crippen molar-refractivity contribution in [2.75, 3.05) is 0 Å². The summed E-state index contributed by atoms with van der Waals surface area (Å²) in [7, 11) is 1.96. The summed E-state index contributed by atoms with van der Waals surface area (Å²) in [4.78, 5) is 14.9. The molecule has 0 aliphatic heterocycles. The molecule has 0 saturated heterocycles. The van der Waals surface area contributed by atoms with E-state index in [-0.39, 0.29) is 0 Å². The minimum atomic E-state index is 0.577. The summed E-state index contributed by atoms with van der Waals surface area (Å²) in [6, 6.07) is 0. The van der Waals surface area contributed by atoms with Crippen LogP contribution in [0.3, 0.4) is 0 Å². The maximum absolute atomic E-state index is 10.6. The van der Waals surface area contributed by atoms with Gasteiger partial charge >= 0.3 is 0 Å². The van der Waals surface area contributed by atoms with Gasteiger partial charge in [-0.05, 0) is 13.3 Å². The van der Waals surface area contributed by atoms with Gasteiger partial charge in [0.1, 0.15) is 11.5 Å². The van der Waals surface area contributed by atoms with E-state index in [0.29, 0.717) is 5.69 Å². The molecule has 0 fully saturated rings. The first-order valence-corrected chi connectivity index (χ1v) is 4.68. The van der Waals surface area contributed by atoms with Crippen molar-refractivity contribution >= 4 is 6.29 Å². The fourth-order valence-corrected chi connectivity index (χ4v) is 1.33. The van der Waals surface area contributed by atoms with Crippen LogP contribution in [0, 0.1) is 6.92 Å². The molecule has 0 radical (unpaired) electrons. The molecule has 0 saturated carbocycles. The average molecular weight is 180 g/mol. The standard InChI is InChI=1S/C10H16N2O/c1-4-5-6-10-11-9(7-13)8(2)12(10)3/h7H,4-6H2,1-3H3. The van der Waals surface area contributed by atoms with Crippen LogP contribution in [0.1, 0.15) is 41.8 Å². The summed E-state index contributed by atoms with van der Waals surface area (Å²) in [5, 5.41) is 0. The van der Waals surface area contributed by atoms with Crippen molar-refractivity contribution in [1.82, 2.24) is 9.55 Å². The summed E-state index contributed by atoms with van der Waals surface area (Å²) in [6.07, 6.45) is 4.07. The first kappa shape index (κ1) is 9.96. The second-order valence-electron chi connectivity index (χ2n) is 3.28. The lowest BCUT2D eigenvalue weighted by atomic mass is 10.2. The molecule has 0 amide bonds. The van der Waals surface area contributed by atoms with Gasteiger partial charge < -0.3 is 4.57 Å². The van der Waals surface area contributed by atoms with Crippen LogP contribution in [0.2, 0.25) is 0 Å². The van der Waals surface area contributed by atoms with Gasteiger partial charge in [0.2, 0.25) is 0 Å². The van der Waals surface area contributed by atoms with E-state index < -0.39 is 0 Å². The number of unbranched alkanes of at least 4 members (excludes halogenated alkanes) is 1. The first-order chi connectivity index (χ1) is 6.20. The van der Waals surface area contributed by atoms with Crippen LogP contribution in [0.25, 0.3) is 0 Å². The number of aryl methyl sites for hydroxylation is 1. The lowest BCUT2D eigenvalue weighted by Crippen LogP contribution is -1.99. The fourth-order valence-electron chi connectivity index (χ4n) is 1.33. The van der Waals surface area contributed by atoms with E-state index in [9.17, 15) is 4.79 Å². The summed E-state index contributed by atoms with van der Waals surface area (Å²) >= 11 is 0. The zero-order valence-corrected chi connectivity index (χ0v) is 8.50. The number of hydrogen-bond donors (Lipinski definition) is 0. The summed E-state index contributed by atoms with van der Waals surface area (Å²) in [6.45, 7) is 4.07. The third kappa shape index (κ3) is 1.97. The molecule has 0 aliphatic rings. The Morgan fingerprint density at radius 3 is 2.69 bits per heavy atom. The largest absolute Gasteiger partial charge is 0.335 e. The van der Waals surface area contributed by atoms with Crippen LogP contribution in [0.15, 0.2) is 0 Å². The minimum absolute atomic E-state index is 0.577. The van der Waals surface area contributed by atoms with Gasteiger partial charge in [-0.25, -0.2) is 4.98 Å². The molecule has 72 valence electrons. The molecular formula is C10H16N2O. The third-order valence-electron chi connectivity index (χ3n) is 2.38. The lowest BCUT2D eigenvalue weighted by molar-refractivity contribution is 0.111. The zero-order valence-electron chi connectivity index (χ0n) is 8.50. The molecule has 3 nitrogen and oxygen atoms in total. The molecule has 0 aliphatic carbocycles. The Hall–Kier alpha value is -1.12. The highest BCUT2D eigenvalue weighted by atomic mass is 16.1. The molecule has 3 heteroatoms. The molecule has 1 rings (SSSR count). The number of carbonyl (C=O) groups is 1. The number of carbonyl (C=O) groups excluding carboxylic acids is 1. The van der Waals surface area contributed by atoms with Gasteiger partial charge in [0.15, 0.2) is 6.29 Å². The maximum atomic E-state index is 10.6. The molecule has 0 unspecified atom stereocenters. The van der Waals surface area contributed by atoms with Crippen molar-refractivity contribution in [3.63, 3.8) is 0 Å². The van der Waals surface area contributed by atoms with Crippen LogP contribution < -0.4 is 0 Å². The van der Waals surface area contributed by atoms with Crippen molar-refractivity contribution in [3.8, 4) is 0 Å². The highest BCUT2D eigenvalue weighted by Gasteiger charge is 2.08. The van der Waals surface area contributed by atoms with Gasteiger partial charge in [-0.2, -0.15) is 0 Å². The van der Waals surface area contributed by atoms with Crippen molar-refractivity contribution < 1.29 is 4.79 Å². The minimum Gasteiger partial charge on any atom is -0.335 e. The topological polar surface area (TPSA) is 34.9 Å². The number of nitrogens with zero attached hydrogens (tertiary/aromatic N) is 2. The normalized spacial score (nSPS) is 10.4. The quantitative estimate of drug-likeness (QED) is 0.663. The van der Waals surface area contributed by atoms with Crippen LogP contribution in [-0.4, -0.2) is 15.8 Å². The molecule has 0 aromatic carbocycles. The van der Waals surface area contributed by atoms with E-state index in [0.717, 1.165) is 37.1 Å². The molecule has 1 heterocycles. The van der Waals surface area contributed by atoms with Gasteiger partial charge in [0, 0.05) is 19.2 Å². The first-order valence-electron chi connectivity index (χ1n) is 4.68. The average Bonchev–Trinajstić information content (AvgIpc) is 2.41. The summed E-state index contributed by atoms with van der Waals surface area (Å²) in [5.41, 5.74) is 1.54. The Kier molecular flexibility index (Phi) is 3.23. The van der Waals surface area contributed by atoms with Crippen molar-refractivity contribution in [2.45, 2.75) is 33.1 Å². The van der Waals surface area contributed by atoms with Gasteiger partial charge in [-0.3, -0.25) is 4.79 Å². The van der Waals surface area contributed by atoms with Crippen molar-refractivity contribution in [1.29, 1.82) is 0 Å². The van der Waals surface area contributed by atoms with E-state index in [1.165, 1.54) is 0 Å². The van der Waals surface area contributed by atoms with Gasteiger partial charge in [0.05, 0.1) is 0 Å². The molecule has 0 spiro atoms. The zero-order chi connectivity index (χ0) is 9.84. The van der Waals surface area contributed by atoms with Crippen LogP contribution in [0.5, 0.6) is 0 Å². The van der Waals surface area contributed by atoms with E-state index in [4.69, 9.17) is 0 Å². The maximum Gasteiger partial charge on any atom is 0.170 e. The number of rotatable bonds is 4. The lowest BCUT2D eigenvalue weighted by Gasteiger charge is -2.00. The van der Waals surface area contributed by atoms with Gasteiger partial charge in [-0.1, -0.05) is 13.3 Å². The third-order valence-corrected chi connectivity index (χ3v) is 2.38. The summed E-state index contributed by atoms with van der Waals surface area (Å²) < 4.78 is 2.00. The predicted molar refractivity (Wildman–Crippen MR) is 51.9 cm³/mol. The van der Waals surface area contributed by atoms with Crippen LogP contribution in [0.4, 0.5) is 0 Å². The monoisotopic (exact) mass is 180 g/mol. The fraction of sp³-hybridized carbons (Fsp3) is 0.600. The Morgan fingerprint density at radius 1 is 1.54 bits per heavy atom. The van der Waals surface area contributed by atoms with Gasteiger partial charge in [-0.15, -0.1) is 0 Å². The Labute approximate surface area is 78.8 Å². The van der Waals surface area contributed by atoms with E-state index >= 15 is 0 Å². The molecule has 1 aromatic heterocycles. The number of aromatic nitrogens is 2. The molecule has 1 aromatic rings. The highest BCUT2D eigenvalue weighted by Crippen LogP contribution is 2.09. The smallest absolute Gasteiger partial charge is 0.170 e. The SMILES string of the molecule is CCCCc1nc(C=O)c(C)n1C. The Morgan fingerprint density at radius 2 is 2.23 bits per heavy atom. The molecule has 0 atom stereocenters. The van der Waals surface area contributed by atoms with Crippen LogP contribution in [-0.2, 0) is 13.5 Å².